The van der Waals surface area contributed by atoms with Crippen LogP contribution in [0, 0.1) is 0 Å². The van der Waals surface area contributed by atoms with Crippen molar-refractivity contribution in [2.24, 2.45) is 0 Å². The third-order valence-corrected chi connectivity index (χ3v) is 2.62. The van der Waals surface area contributed by atoms with Crippen molar-refractivity contribution >= 4 is 0 Å². The second kappa shape index (κ2) is 5.80. The Morgan fingerprint density at radius 1 is 1.53 bits per heavy atom. The maximum absolute atomic E-state index is 9.92. The van der Waals surface area contributed by atoms with Crippen molar-refractivity contribution in [3.8, 4) is 0 Å². The van der Waals surface area contributed by atoms with E-state index in [4.69, 9.17) is 14.2 Å². The summed E-state index contributed by atoms with van der Waals surface area (Å²) in [6, 6.07) is 0. The highest BCUT2D eigenvalue weighted by Crippen LogP contribution is 2.30. The van der Waals surface area contributed by atoms with Gasteiger partial charge in [0.1, 0.15) is 5.60 Å². The monoisotopic (exact) mass is 218 g/mol. The number of unbranched alkanes of at least 4 members (excludes halogenated alkanes) is 1. The number of ether oxygens (including phenoxy) is 3. The average molecular weight is 218 g/mol. The summed E-state index contributed by atoms with van der Waals surface area (Å²) in [6.45, 7) is 5.15. The Hall–Kier alpha value is -0.160. The molecule has 4 heteroatoms. The molecule has 1 saturated heterocycles. The van der Waals surface area contributed by atoms with E-state index in [0.717, 1.165) is 19.4 Å². The number of hydrogen-bond donors (Lipinski definition) is 1. The van der Waals surface area contributed by atoms with E-state index in [1.165, 1.54) is 0 Å². The standard InChI is InChI=1S/C11H22O4/c1-4-5-6-14-8-9-7-11(2,12)10(13-3)15-9/h9-10,12H,4-8H2,1-3H3/t9-,10-,11+/m0/s1. The quantitative estimate of drug-likeness (QED) is 0.683. The summed E-state index contributed by atoms with van der Waals surface area (Å²) in [7, 11) is 1.54. The molecule has 0 bridgehead atoms. The zero-order chi connectivity index (χ0) is 11.3. The lowest BCUT2D eigenvalue weighted by molar-refractivity contribution is -0.184. The molecule has 15 heavy (non-hydrogen) atoms. The van der Waals surface area contributed by atoms with Crippen LogP contribution in [0.1, 0.15) is 33.1 Å². The predicted octanol–water partition coefficient (Wildman–Crippen LogP) is 1.32. The van der Waals surface area contributed by atoms with Gasteiger partial charge in [-0.05, 0) is 13.3 Å². The van der Waals surface area contributed by atoms with Gasteiger partial charge < -0.3 is 19.3 Å². The highest BCUT2D eigenvalue weighted by atomic mass is 16.7. The summed E-state index contributed by atoms with van der Waals surface area (Å²) >= 11 is 0. The van der Waals surface area contributed by atoms with Crippen molar-refractivity contribution in [1.82, 2.24) is 0 Å². The Morgan fingerprint density at radius 3 is 2.80 bits per heavy atom. The molecule has 1 aliphatic rings. The maximum Gasteiger partial charge on any atom is 0.186 e. The molecule has 90 valence electrons. The molecule has 0 aliphatic carbocycles. The van der Waals surface area contributed by atoms with E-state index in [0.29, 0.717) is 13.0 Å². The van der Waals surface area contributed by atoms with Gasteiger partial charge >= 0.3 is 0 Å². The van der Waals surface area contributed by atoms with Crippen LogP contribution >= 0.6 is 0 Å². The van der Waals surface area contributed by atoms with E-state index < -0.39 is 11.9 Å². The molecule has 0 aromatic rings. The van der Waals surface area contributed by atoms with Gasteiger partial charge in [-0.2, -0.15) is 0 Å². The summed E-state index contributed by atoms with van der Waals surface area (Å²) in [6.07, 6.45) is 2.18. The average Bonchev–Trinajstić information content (AvgIpc) is 2.48. The molecule has 0 unspecified atom stereocenters. The van der Waals surface area contributed by atoms with Gasteiger partial charge in [0, 0.05) is 20.1 Å². The lowest BCUT2D eigenvalue weighted by atomic mass is 10.0. The van der Waals surface area contributed by atoms with E-state index >= 15 is 0 Å². The first-order valence-corrected chi connectivity index (χ1v) is 5.58. The highest BCUT2D eigenvalue weighted by Gasteiger charge is 2.44. The summed E-state index contributed by atoms with van der Waals surface area (Å²) in [4.78, 5) is 0. The first kappa shape index (κ1) is 12.9. The normalized spacial score (nSPS) is 36.0. The van der Waals surface area contributed by atoms with E-state index in [2.05, 4.69) is 6.92 Å². The van der Waals surface area contributed by atoms with Gasteiger partial charge in [0.25, 0.3) is 0 Å². The Morgan fingerprint density at radius 2 is 2.27 bits per heavy atom. The molecular weight excluding hydrogens is 196 g/mol. The summed E-state index contributed by atoms with van der Waals surface area (Å²) in [5.41, 5.74) is -0.895. The third kappa shape index (κ3) is 3.72. The Bertz CT molecular complexity index is 181. The molecular formula is C11H22O4. The van der Waals surface area contributed by atoms with E-state index in [1.807, 2.05) is 0 Å². The molecule has 1 fully saturated rings. The minimum absolute atomic E-state index is 0.0539. The maximum atomic E-state index is 9.92. The lowest BCUT2D eigenvalue weighted by Crippen LogP contribution is -2.35. The SMILES string of the molecule is CCCCOC[C@@H]1C[C@@](C)(O)[C@@H](OC)O1. The molecule has 1 rings (SSSR count). The van der Waals surface area contributed by atoms with Crippen molar-refractivity contribution in [3.63, 3.8) is 0 Å². The highest BCUT2D eigenvalue weighted by molar-refractivity contribution is 4.87. The van der Waals surface area contributed by atoms with Crippen molar-refractivity contribution in [1.29, 1.82) is 0 Å². The molecule has 1 heterocycles. The zero-order valence-corrected chi connectivity index (χ0v) is 9.86. The third-order valence-electron chi connectivity index (χ3n) is 2.62. The van der Waals surface area contributed by atoms with Crippen LogP contribution in [0.15, 0.2) is 0 Å². The Balaban J connectivity index is 2.23. The zero-order valence-electron chi connectivity index (χ0n) is 9.86. The molecule has 1 N–H and O–H groups in total. The second-order valence-corrected chi connectivity index (χ2v) is 4.32. The molecule has 0 amide bonds. The molecule has 0 radical (unpaired) electrons. The Kier molecular flexibility index (Phi) is 4.99. The van der Waals surface area contributed by atoms with Crippen molar-refractivity contribution < 1.29 is 19.3 Å². The fraction of sp³-hybridized carbons (Fsp3) is 1.00. The van der Waals surface area contributed by atoms with Crippen molar-refractivity contribution in [2.75, 3.05) is 20.3 Å². The fourth-order valence-corrected chi connectivity index (χ4v) is 1.80. The molecule has 4 nitrogen and oxygen atoms in total. The van der Waals surface area contributed by atoms with E-state index in [-0.39, 0.29) is 6.10 Å². The molecule has 3 atom stereocenters. The number of aliphatic hydroxyl groups is 1. The summed E-state index contributed by atoms with van der Waals surface area (Å²) in [5.74, 6) is 0. The number of rotatable bonds is 6. The first-order valence-electron chi connectivity index (χ1n) is 5.58. The summed E-state index contributed by atoms with van der Waals surface area (Å²) in [5, 5.41) is 9.92. The van der Waals surface area contributed by atoms with Crippen molar-refractivity contribution in [3.05, 3.63) is 0 Å². The van der Waals surface area contributed by atoms with Gasteiger partial charge in [-0.25, -0.2) is 0 Å². The van der Waals surface area contributed by atoms with Crippen LogP contribution in [-0.2, 0) is 14.2 Å². The van der Waals surface area contributed by atoms with Gasteiger partial charge in [0.05, 0.1) is 12.7 Å². The van der Waals surface area contributed by atoms with E-state index in [9.17, 15) is 5.11 Å². The molecule has 0 aromatic carbocycles. The molecule has 0 aromatic heterocycles. The van der Waals surface area contributed by atoms with Crippen LogP contribution in [0.25, 0.3) is 0 Å². The fourth-order valence-electron chi connectivity index (χ4n) is 1.80. The molecule has 0 saturated carbocycles. The number of methoxy groups -OCH3 is 1. The topological polar surface area (TPSA) is 47.9 Å². The lowest BCUT2D eigenvalue weighted by Gasteiger charge is -2.21. The van der Waals surface area contributed by atoms with Crippen LogP contribution < -0.4 is 0 Å². The van der Waals surface area contributed by atoms with Crippen LogP contribution in [0.3, 0.4) is 0 Å². The van der Waals surface area contributed by atoms with Crippen LogP contribution in [-0.4, -0.2) is 43.4 Å². The molecule has 1 aliphatic heterocycles. The second-order valence-electron chi connectivity index (χ2n) is 4.32. The van der Waals surface area contributed by atoms with Gasteiger partial charge in [-0.3, -0.25) is 0 Å². The van der Waals surface area contributed by atoms with Crippen LogP contribution in [0.4, 0.5) is 0 Å². The minimum Gasteiger partial charge on any atom is -0.385 e. The minimum atomic E-state index is -0.895. The van der Waals surface area contributed by atoms with Gasteiger partial charge in [-0.1, -0.05) is 13.3 Å². The Labute approximate surface area is 91.5 Å². The largest absolute Gasteiger partial charge is 0.385 e. The van der Waals surface area contributed by atoms with Gasteiger partial charge in [0.2, 0.25) is 0 Å². The summed E-state index contributed by atoms with van der Waals surface area (Å²) < 4.78 is 16.0. The first-order chi connectivity index (χ1) is 7.10. The predicted molar refractivity (Wildman–Crippen MR) is 56.6 cm³/mol. The van der Waals surface area contributed by atoms with Gasteiger partial charge in [0.15, 0.2) is 6.29 Å². The molecule has 0 spiro atoms. The smallest absolute Gasteiger partial charge is 0.186 e. The van der Waals surface area contributed by atoms with Crippen LogP contribution in [0.2, 0.25) is 0 Å². The van der Waals surface area contributed by atoms with E-state index in [1.54, 1.807) is 14.0 Å². The van der Waals surface area contributed by atoms with Gasteiger partial charge in [-0.15, -0.1) is 0 Å². The number of hydrogen-bond acceptors (Lipinski definition) is 4. The van der Waals surface area contributed by atoms with Crippen LogP contribution in [0.5, 0.6) is 0 Å². The van der Waals surface area contributed by atoms with Crippen molar-refractivity contribution in [2.45, 2.75) is 51.1 Å².